The van der Waals surface area contributed by atoms with Gasteiger partial charge in [0.15, 0.2) is 23.0 Å². The summed E-state index contributed by atoms with van der Waals surface area (Å²) in [4.78, 5) is 0. The highest BCUT2D eigenvalue weighted by atomic mass is 16.6. The Kier molecular flexibility index (Phi) is 11.3. The van der Waals surface area contributed by atoms with Gasteiger partial charge in [-0.05, 0) is 0 Å². The minimum absolute atomic E-state index is 0.304. The minimum Gasteiger partial charge on any atom is -0.487 e. The van der Waals surface area contributed by atoms with Gasteiger partial charge in [0, 0.05) is 24.3 Å². The summed E-state index contributed by atoms with van der Waals surface area (Å²) < 4.78 is 45.3. The molecule has 1 aliphatic rings. The molecule has 0 atom stereocenters. The monoisotopic (exact) mass is 508 g/mol. The van der Waals surface area contributed by atoms with Gasteiger partial charge >= 0.3 is 0 Å². The van der Waals surface area contributed by atoms with Crippen LogP contribution in [-0.2, 0) is 18.9 Å². The van der Waals surface area contributed by atoms with E-state index in [1.807, 2.05) is 0 Å². The van der Waals surface area contributed by atoms with Crippen LogP contribution in [0.5, 0.6) is 23.0 Å². The van der Waals surface area contributed by atoms with Crippen molar-refractivity contribution in [3.05, 3.63) is 24.3 Å². The molecule has 1 aliphatic heterocycles. The van der Waals surface area contributed by atoms with Crippen molar-refractivity contribution in [1.82, 2.24) is 0 Å². The van der Waals surface area contributed by atoms with Gasteiger partial charge in [-0.2, -0.15) is 0 Å². The van der Waals surface area contributed by atoms with E-state index in [-0.39, 0.29) is 0 Å². The molecule has 0 bridgehead atoms. The van der Waals surface area contributed by atoms with Crippen LogP contribution in [0.4, 0.5) is 22.7 Å². The third-order valence-corrected chi connectivity index (χ3v) is 4.98. The maximum atomic E-state index is 5.91. The lowest BCUT2D eigenvalue weighted by Crippen LogP contribution is -2.16. The second-order valence-corrected chi connectivity index (χ2v) is 7.70. The highest BCUT2D eigenvalue weighted by Gasteiger charge is 2.11. The average Bonchev–Trinajstić information content (AvgIpc) is 2.85. The van der Waals surface area contributed by atoms with E-state index in [9.17, 15) is 0 Å². The number of nitrogens with two attached hydrogens (primary N) is 4. The molecule has 0 aromatic heterocycles. The molecule has 3 rings (SSSR count). The number of rotatable bonds is 0. The Hall–Kier alpha value is -3.32. The molecule has 0 aliphatic carbocycles. The van der Waals surface area contributed by atoms with Crippen LogP contribution < -0.4 is 41.9 Å². The molecule has 12 heteroatoms. The van der Waals surface area contributed by atoms with E-state index >= 15 is 0 Å². The van der Waals surface area contributed by atoms with E-state index in [0.717, 1.165) is 0 Å². The number of hydrogen-bond donors (Lipinski definition) is 4. The first-order valence-corrected chi connectivity index (χ1v) is 11.7. The summed E-state index contributed by atoms with van der Waals surface area (Å²) in [5.74, 6) is 1.94. The third-order valence-electron chi connectivity index (χ3n) is 4.98. The van der Waals surface area contributed by atoms with Crippen molar-refractivity contribution in [2.45, 2.75) is 0 Å². The van der Waals surface area contributed by atoms with Gasteiger partial charge < -0.3 is 60.8 Å². The van der Waals surface area contributed by atoms with Crippen molar-refractivity contribution >= 4 is 22.7 Å². The number of fused-ring (bicyclic) bond motifs is 2. The predicted octanol–water partition coefficient (Wildman–Crippen LogP) is 1.31. The maximum absolute atomic E-state index is 5.91. The lowest BCUT2D eigenvalue weighted by Gasteiger charge is -2.16. The van der Waals surface area contributed by atoms with Crippen LogP contribution in [0, 0.1) is 0 Å². The van der Waals surface area contributed by atoms with Gasteiger partial charge in [-0.3, -0.25) is 0 Å². The van der Waals surface area contributed by atoms with Gasteiger partial charge in [0.1, 0.15) is 26.4 Å². The summed E-state index contributed by atoms with van der Waals surface area (Å²) in [6.45, 7) is 4.25. The van der Waals surface area contributed by atoms with Crippen LogP contribution >= 0.6 is 0 Å². The molecule has 200 valence electrons. The predicted molar refractivity (Wildman–Crippen MR) is 136 cm³/mol. The molecule has 2 aromatic rings. The highest BCUT2D eigenvalue weighted by molar-refractivity contribution is 5.70. The summed E-state index contributed by atoms with van der Waals surface area (Å²) in [5, 5.41) is 0. The smallest absolute Gasteiger partial charge is 0.163 e. The summed E-state index contributed by atoms with van der Waals surface area (Å²) in [5.41, 5.74) is 25.3. The molecular formula is C24H36N4O8. The molecule has 0 unspecified atom stereocenters. The topological polar surface area (TPSA) is 178 Å². The first-order chi connectivity index (χ1) is 17.5. The Morgan fingerprint density at radius 2 is 0.528 bits per heavy atom. The van der Waals surface area contributed by atoms with Crippen LogP contribution in [-0.4, -0.2) is 79.3 Å². The largest absolute Gasteiger partial charge is 0.487 e. The second-order valence-electron chi connectivity index (χ2n) is 7.70. The fourth-order valence-corrected chi connectivity index (χ4v) is 3.12. The lowest BCUT2D eigenvalue weighted by molar-refractivity contribution is 0.0224. The van der Waals surface area contributed by atoms with Gasteiger partial charge in [0.25, 0.3) is 0 Å². The first kappa shape index (κ1) is 27.3. The van der Waals surface area contributed by atoms with E-state index in [1.54, 1.807) is 24.3 Å². The van der Waals surface area contributed by atoms with Crippen molar-refractivity contribution in [3.8, 4) is 23.0 Å². The summed E-state index contributed by atoms with van der Waals surface area (Å²) >= 11 is 0. The Balaban J connectivity index is 1.52. The molecule has 0 fully saturated rings. The maximum Gasteiger partial charge on any atom is 0.163 e. The van der Waals surface area contributed by atoms with Gasteiger partial charge in [0.2, 0.25) is 0 Å². The Morgan fingerprint density at radius 1 is 0.333 bits per heavy atom. The molecular weight excluding hydrogens is 472 g/mol. The van der Waals surface area contributed by atoms with Crippen molar-refractivity contribution < 1.29 is 37.9 Å². The quantitative estimate of drug-likeness (QED) is 0.376. The van der Waals surface area contributed by atoms with Crippen molar-refractivity contribution in [2.75, 3.05) is 102 Å². The molecule has 0 spiro atoms. The molecule has 1 heterocycles. The van der Waals surface area contributed by atoms with Crippen LogP contribution in [0.3, 0.4) is 0 Å². The zero-order chi connectivity index (χ0) is 25.6. The SMILES string of the molecule is Nc1cc2c(cc1N)OCCOCCOCCOc1cc(N)c(N)cc1OCCOCCOCCO2. The summed E-state index contributed by atoms with van der Waals surface area (Å²) in [6.07, 6.45) is 0. The van der Waals surface area contributed by atoms with Crippen molar-refractivity contribution in [2.24, 2.45) is 0 Å². The van der Waals surface area contributed by atoms with Crippen LogP contribution in [0.15, 0.2) is 24.3 Å². The first-order valence-electron chi connectivity index (χ1n) is 11.7. The molecule has 2 aromatic carbocycles. The third kappa shape index (κ3) is 9.04. The molecule has 0 radical (unpaired) electrons. The highest BCUT2D eigenvalue weighted by Crippen LogP contribution is 2.34. The average molecular weight is 509 g/mol. The Bertz CT molecular complexity index is 797. The fourth-order valence-electron chi connectivity index (χ4n) is 3.12. The Morgan fingerprint density at radius 3 is 0.750 bits per heavy atom. The molecule has 36 heavy (non-hydrogen) atoms. The number of nitrogen functional groups attached to an aromatic ring is 4. The summed E-state index contributed by atoms with van der Waals surface area (Å²) in [7, 11) is 0. The van der Waals surface area contributed by atoms with E-state index in [0.29, 0.717) is 125 Å². The van der Waals surface area contributed by atoms with Gasteiger partial charge in [-0.25, -0.2) is 0 Å². The fraction of sp³-hybridized carbons (Fsp3) is 0.500. The van der Waals surface area contributed by atoms with E-state index in [4.69, 9.17) is 60.8 Å². The van der Waals surface area contributed by atoms with Crippen molar-refractivity contribution in [1.29, 1.82) is 0 Å². The van der Waals surface area contributed by atoms with Gasteiger partial charge in [-0.15, -0.1) is 0 Å². The molecule has 0 saturated carbocycles. The zero-order valence-electron chi connectivity index (χ0n) is 20.4. The van der Waals surface area contributed by atoms with Crippen LogP contribution in [0.25, 0.3) is 0 Å². The van der Waals surface area contributed by atoms with E-state index < -0.39 is 0 Å². The number of ether oxygens (including phenoxy) is 8. The minimum atomic E-state index is 0.304. The van der Waals surface area contributed by atoms with Gasteiger partial charge in [0.05, 0.1) is 75.6 Å². The van der Waals surface area contributed by atoms with Gasteiger partial charge in [-0.1, -0.05) is 0 Å². The number of anilines is 4. The molecule has 0 saturated heterocycles. The summed E-state index contributed by atoms with van der Waals surface area (Å²) in [6, 6.07) is 6.53. The molecule has 12 nitrogen and oxygen atoms in total. The van der Waals surface area contributed by atoms with E-state index in [2.05, 4.69) is 0 Å². The van der Waals surface area contributed by atoms with Crippen molar-refractivity contribution in [3.63, 3.8) is 0 Å². The van der Waals surface area contributed by atoms with E-state index in [1.165, 1.54) is 0 Å². The zero-order valence-corrected chi connectivity index (χ0v) is 20.4. The standard InChI is InChI=1S/C24H36N4O8/c25-17-13-21-22(14-18(17)26)35-11-7-31-3-4-32-8-12-36-24-16-20(28)19(27)15-23(24)34-10-6-30-2-1-29-5-9-33-21/h13-16H,1-12,25-28H2. The normalized spacial score (nSPS) is 17.6. The lowest BCUT2D eigenvalue weighted by atomic mass is 10.2. The van der Waals surface area contributed by atoms with Crippen LogP contribution in [0.1, 0.15) is 0 Å². The number of hydrogen-bond acceptors (Lipinski definition) is 12. The number of benzene rings is 2. The molecule has 8 N–H and O–H groups in total. The van der Waals surface area contributed by atoms with Crippen LogP contribution in [0.2, 0.25) is 0 Å². The Labute approximate surface area is 210 Å². The molecule has 0 amide bonds. The second kappa shape index (κ2) is 14.9.